The Hall–Kier alpha value is -0.750. The summed E-state index contributed by atoms with van der Waals surface area (Å²) in [6.07, 6.45) is -4.57. The van der Waals surface area contributed by atoms with Crippen LogP contribution < -0.4 is 5.32 Å². The molecule has 1 aromatic carbocycles. The van der Waals surface area contributed by atoms with E-state index < -0.39 is 17.6 Å². The molecule has 1 amide bonds. The van der Waals surface area contributed by atoms with Crippen LogP contribution in [0.4, 0.5) is 13.2 Å². The number of rotatable bonds is 2. The molecule has 1 N–H and O–H groups in total. The van der Waals surface area contributed by atoms with Crippen LogP contribution in [0.5, 0.6) is 0 Å². The molecule has 0 radical (unpaired) electrons. The lowest BCUT2D eigenvalue weighted by atomic mass is 10.2. The molecule has 1 aliphatic carbocycles. The van der Waals surface area contributed by atoms with E-state index in [4.69, 9.17) is 11.6 Å². The molecule has 0 saturated heterocycles. The lowest BCUT2D eigenvalue weighted by Gasteiger charge is -2.21. The summed E-state index contributed by atoms with van der Waals surface area (Å²) < 4.78 is 38.4. The van der Waals surface area contributed by atoms with Crippen molar-refractivity contribution in [3.05, 3.63) is 33.3 Å². The number of carbonyl (C=O) groups excluding carboxylic acids is 1. The highest BCUT2D eigenvalue weighted by atomic mass is 79.9. The van der Waals surface area contributed by atoms with Crippen molar-refractivity contribution in [2.45, 2.75) is 24.6 Å². The normalized spacial score (nSPS) is 17.4. The summed E-state index contributed by atoms with van der Waals surface area (Å²) in [5.74, 6) is -0.756. The van der Waals surface area contributed by atoms with Gasteiger partial charge in [0.1, 0.15) is 5.54 Å². The van der Waals surface area contributed by atoms with Crippen LogP contribution >= 0.6 is 27.5 Å². The predicted molar refractivity (Wildman–Crippen MR) is 64.6 cm³/mol. The molecular formula is C11H8BrClF3NO. The predicted octanol–water partition coefficient (Wildman–Crippen LogP) is 3.93. The van der Waals surface area contributed by atoms with Gasteiger partial charge in [-0.1, -0.05) is 11.6 Å². The van der Waals surface area contributed by atoms with E-state index in [0.29, 0.717) is 9.50 Å². The van der Waals surface area contributed by atoms with Crippen LogP contribution in [0.3, 0.4) is 0 Å². The van der Waals surface area contributed by atoms with Crippen molar-refractivity contribution in [3.8, 4) is 0 Å². The van der Waals surface area contributed by atoms with Crippen molar-refractivity contribution in [2.24, 2.45) is 0 Å². The Bertz CT molecular complexity index is 500. The van der Waals surface area contributed by atoms with E-state index in [1.54, 1.807) is 0 Å². The molecule has 2 nitrogen and oxygen atoms in total. The zero-order chi connectivity index (χ0) is 13.6. The van der Waals surface area contributed by atoms with Crippen LogP contribution in [0.15, 0.2) is 22.7 Å². The van der Waals surface area contributed by atoms with Crippen molar-refractivity contribution in [3.63, 3.8) is 0 Å². The second-order valence-corrected chi connectivity index (χ2v) is 5.45. The minimum absolute atomic E-state index is 0.0759. The van der Waals surface area contributed by atoms with Crippen molar-refractivity contribution < 1.29 is 18.0 Å². The Morgan fingerprint density at radius 3 is 2.44 bits per heavy atom. The van der Waals surface area contributed by atoms with Gasteiger partial charge in [-0.2, -0.15) is 13.2 Å². The van der Waals surface area contributed by atoms with Gasteiger partial charge in [-0.15, -0.1) is 0 Å². The number of halogens is 5. The zero-order valence-electron chi connectivity index (χ0n) is 8.94. The molecule has 2 rings (SSSR count). The van der Waals surface area contributed by atoms with Gasteiger partial charge in [0, 0.05) is 9.50 Å². The fraction of sp³-hybridized carbons (Fsp3) is 0.364. The molecule has 0 bridgehead atoms. The maximum atomic E-state index is 12.7. The van der Waals surface area contributed by atoms with Crippen molar-refractivity contribution >= 4 is 33.4 Å². The minimum atomic E-state index is -4.42. The van der Waals surface area contributed by atoms with Gasteiger partial charge < -0.3 is 5.32 Å². The third kappa shape index (κ3) is 2.49. The molecule has 0 aliphatic heterocycles. The van der Waals surface area contributed by atoms with Crippen LogP contribution in [0.2, 0.25) is 5.02 Å². The van der Waals surface area contributed by atoms with Crippen molar-refractivity contribution in [1.82, 2.24) is 5.32 Å². The number of alkyl halides is 3. The van der Waals surface area contributed by atoms with E-state index >= 15 is 0 Å². The van der Waals surface area contributed by atoms with Gasteiger partial charge in [0.05, 0.1) is 5.56 Å². The van der Waals surface area contributed by atoms with Crippen molar-refractivity contribution in [2.75, 3.05) is 0 Å². The Labute approximate surface area is 115 Å². The van der Waals surface area contributed by atoms with Crippen LogP contribution in [-0.4, -0.2) is 17.6 Å². The summed E-state index contributed by atoms with van der Waals surface area (Å²) in [6, 6.07) is 4.30. The molecule has 0 unspecified atom stereocenters. The molecule has 1 fully saturated rings. The molecule has 0 aromatic heterocycles. The molecule has 0 atom stereocenters. The molecule has 0 spiro atoms. The molecular weight excluding hydrogens is 334 g/mol. The van der Waals surface area contributed by atoms with Gasteiger partial charge >= 0.3 is 6.18 Å². The van der Waals surface area contributed by atoms with Crippen LogP contribution in [0, 0.1) is 0 Å². The molecule has 7 heteroatoms. The van der Waals surface area contributed by atoms with Gasteiger partial charge in [-0.25, -0.2) is 0 Å². The number of amides is 1. The van der Waals surface area contributed by atoms with E-state index in [-0.39, 0.29) is 18.4 Å². The first-order valence-corrected chi connectivity index (χ1v) is 6.27. The maximum Gasteiger partial charge on any atom is 0.411 e. The third-order valence-corrected chi connectivity index (χ3v) is 3.71. The first-order chi connectivity index (χ1) is 8.25. The zero-order valence-corrected chi connectivity index (χ0v) is 11.3. The summed E-state index contributed by atoms with van der Waals surface area (Å²) in [5.41, 5.74) is -1.92. The largest absolute Gasteiger partial charge is 0.411 e. The van der Waals surface area contributed by atoms with Crippen LogP contribution in [0.1, 0.15) is 23.2 Å². The summed E-state index contributed by atoms with van der Waals surface area (Å²) >= 11 is 8.80. The average molecular weight is 343 g/mol. The van der Waals surface area contributed by atoms with Gasteiger partial charge in [0.25, 0.3) is 5.91 Å². The summed E-state index contributed by atoms with van der Waals surface area (Å²) in [4.78, 5) is 11.8. The molecule has 1 aromatic rings. The minimum Gasteiger partial charge on any atom is -0.338 e. The number of carbonyl (C=O) groups is 1. The molecule has 1 saturated carbocycles. The van der Waals surface area contributed by atoms with Gasteiger partial charge in [-0.3, -0.25) is 4.79 Å². The number of hydrogen-bond acceptors (Lipinski definition) is 1. The van der Waals surface area contributed by atoms with Crippen LogP contribution in [0.25, 0.3) is 0 Å². The Kier molecular flexibility index (Phi) is 3.36. The van der Waals surface area contributed by atoms with E-state index in [1.165, 1.54) is 18.2 Å². The fourth-order valence-electron chi connectivity index (χ4n) is 1.56. The monoisotopic (exact) mass is 341 g/mol. The highest BCUT2D eigenvalue weighted by Crippen LogP contribution is 2.49. The highest BCUT2D eigenvalue weighted by Gasteiger charge is 2.64. The Morgan fingerprint density at radius 2 is 2.00 bits per heavy atom. The van der Waals surface area contributed by atoms with Gasteiger partial charge in [0.15, 0.2) is 0 Å². The standard InChI is InChI=1S/C11H8BrClF3NO/c12-8-5-6(13)1-2-7(8)9(18)17-10(3-4-10)11(14,15)16/h1-2,5H,3-4H2,(H,17,18). The van der Waals surface area contributed by atoms with E-state index in [1.807, 2.05) is 5.32 Å². The second kappa shape index (κ2) is 4.42. The van der Waals surface area contributed by atoms with E-state index in [2.05, 4.69) is 15.9 Å². The quantitative estimate of drug-likeness (QED) is 0.867. The van der Waals surface area contributed by atoms with Gasteiger partial charge in [0.2, 0.25) is 0 Å². The Morgan fingerprint density at radius 1 is 1.39 bits per heavy atom. The number of hydrogen-bond donors (Lipinski definition) is 1. The first kappa shape index (κ1) is 13.7. The summed E-state index contributed by atoms with van der Waals surface area (Å²) in [6.45, 7) is 0. The summed E-state index contributed by atoms with van der Waals surface area (Å²) in [7, 11) is 0. The smallest absolute Gasteiger partial charge is 0.338 e. The topological polar surface area (TPSA) is 29.1 Å². The maximum absolute atomic E-state index is 12.7. The van der Waals surface area contributed by atoms with E-state index in [0.717, 1.165) is 0 Å². The third-order valence-electron chi connectivity index (χ3n) is 2.82. The van der Waals surface area contributed by atoms with Crippen molar-refractivity contribution in [1.29, 1.82) is 0 Å². The molecule has 0 heterocycles. The number of nitrogens with one attached hydrogen (secondary N) is 1. The molecule has 18 heavy (non-hydrogen) atoms. The first-order valence-electron chi connectivity index (χ1n) is 5.09. The Balaban J connectivity index is 2.19. The fourth-order valence-corrected chi connectivity index (χ4v) is 2.43. The van der Waals surface area contributed by atoms with Gasteiger partial charge in [-0.05, 0) is 47.0 Å². The van der Waals surface area contributed by atoms with E-state index in [9.17, 15) is 18.0 Å². The summed E-state index contributed by atoms with van der Waals surface area (Å²) in [5, 5.41) is 2.45. The molecule has 98 valence electrons. The second-order valence-electron chi connectivity index (χ2n) is 4.16. The lowest BCUT2D eigenvalue weighted by molar-refractivity contribution is -0.163. The number of benzene rings is 1. The molecule has 1 aliphatic rings. The highest BCUT2D eigenvalue weighted by molar-refractivity contribution is 9.10. The van der Waals surface area contributed by atoms with Crippen LogP contribution in [-0.2, 0) is 0 Å². The average Bonchev–Trinajstić information content (AvgIpc) is 2.97. The lowest BCUT2D eigenvalue weighted by Crippen LogP contribution is -2.47. The SMILES string of the molecule is O=C(NC1(C(F)(F)F)CC1)c1ccc(Cl)cc1Br.